The van der Waals surface area contributed by atoms with Gasteiger partial charge in [0.1, 0.15) is 5.82 Å². The Morgan fingerprint density at radius 3 is 2.45 bits per heavy atom. The highest BCUT2D eigenvalue weighted by Crippen LogP contribution is 2.36. The molecule has 1 N–H and O–H groups in total. The molecule has 1 aliphatic heterocycles. The van der Waals surface area contributed by atoms with Crippen molar-refractivity contribution in [2.24, 2.45) is 0 Å². The molecule has 2 heterocycles. The second-order valence-electron chi connectivity index (χ2n) is 7.73. The van der Waals surface area contributed by atoms with Gasteiger partial charge in [-0.2, -0.15) is 16.9 Å². The number of hydrogen-bond acceptors (Lipinski definition) is 5. The second kappa shape index (κ2) is 8.14. The van der Waals surface area contributed by atoms with Crippen molar-refractivity contribution in [1.29, 1.82) is 0 Å². The Morgan fingerprint density at radius 1 is 1.10 bits per heavy atom. The summed E-state index contributed by atoms with van der Waals surface area (Å²) in [5.74, 6) is 1.96. The average Bonchev–Trinajstić information content (AvgIpc) is 3.30. The van der Waals surface area contributed by atoms with Gasteiger partial charge in [0, 0.05) is 36.7 Å². The van der Waals surface area contributed by atoms with Crippen LogP contribution in [0.2, 0.25) is 0 Å². The van der Waals surface area contributed by atoms with Gasteiger partial charge < -0.3 is 5.32 Å². The number of carbonyl (C=O) groups excluding carboxylic acids is 1. The maximum absolute atomic E-state index is 13.0. The van der Waals surface area contributed by atoms with Gasteiger partial charge in [0.05, 0.1) is 16.3 Å². The number of amides is 1. The van der Waals surface area contributed by atoms with E-state index < -0.39 is 10.0 Å². The van der Waals surface area contributed by atoms with E-state index in [1.165, 1.54) is 38.4 Å². The lowest BCUT2D eigenvalue weighted by atomic mass is 10.1. The quantitative estimate of drug-likeness (QED) is 0.632. The predicted octanol–water partition coefficient (Wildman–Crippen LogP) is 3.74. The van der Waals surface area contributed by atoms with Gasteiger partial charge >= 0.3 is 0 Å². The minimum absolute atomic E-state index is 0.145. The van der Waals surface area contributed by atoms with Gasteiger partial charge in [0.25, 0.3) is 5.91 Å². The summed E-state index contributed by atoms with van der Waals surface area (Å²) in [5.41, 5.74) is 5.55. The van der Waals surface area contributed by atoms with Crippen LogP contribution in [0.3, 0.4) is 0 Å². The molecule has 1 aliphatic rings. The molecule has 0 spiro atoms. The maximum atomic E-state index is 13.0. The summed E-state index contributed by atoms with van der Waals surface area (Å²) in [6.45, 7) is 4.07. The van der Waals surface area contributed by atoms with Gasteiger partial charge in [-0.05, 0) is 49.7 Å². The zero-order chi connectivity index (χ0) is 22.3. The van der Waals surface area contributed by atoms with Gasteiger partial charge in [0.15, 0.2) is 0 Å². The SMILES string of the molecule is Cc1ccc(-n2nc3c(c2NC(=O)c2ccc(S(=O)(=O)N(C)C)cc2)CSC3)c(C)c1. The van der Waals surface area contributed by atoms with Crippen LogP contribution in [0.15, 0.2) is 47.4 Å². The molecule has 9 heteroatoms. The molecule has 0 unspecified atom stereocenters. The van der Waals surface area contributed by atoms with Gasteiger partial charge in [-0.1, -0.05) is 17.7 Å². The third kappa shape index (κ3) is 4.00. The maximum Gasteiger partial charge on any atom is 0.256 e. The van der Waals surface area contributed by atoms with Crippen molar-refractivity contribution in [1.82, 2.24) is 14.1 Å². The van der Waals surface area contributed by atoms with Crippen molar-refractivity contribution >= 4 is 33.5 Å². The zero-order valence-corrected chi connectivity index (χ0v) is 19.5. The molecule has 3 aromatic rings. The Morgan fingerprint density at radius 2 is 1.81 bits per heavy atom. The van der Waals surface area contributed by atoms with Crippen LogP contribution in [-0.4, -0.2) is 42.5 Å². The number of sulfonamides is 1. The first kappa shape index (κ1) is 21.6. The van der Waals surface area contributed by atoms with E-state index in [0.29, 0.717) is 11.4 Å². The summed E-state index contributed by atoms with van der Waals surface area (Å²) >= 11 is 1.77. The highest BCUT2D eigenvalue weighted by molar-refractivity contribution is 7.98. The molecule has 0 bridgehead atoms. The molecular formula is C22H24N4O3S2. The monoisotopic (exact) mass is 456 g/mol. The molecule has 4 rings (SSSR count). The van der Waals surface area contributed by atoms with E-state index in [1.807, 2.05) is 30.7 Å². The van der Waals surface area contributed by atoms with Gasteiger partial charge in [-0.15, -0.1) is 0 Å². The van der Waals surface area contributed by atoms with Crippen molar-refractivity contribution in [3.05, 3.63) is 70.4 Å². The largest absolute Gasteiger partial charge is 0.306 e. The highest BCUT2D eigenvalue weighted by Gasteiger charge is 2.26. The number of rotatable bonds is 5. The molecule has 1 aromatic heterocycles. The highest BCUT2D eigenvalue weighted by atomic mass is 32.2. The molecule has 31 heavy (non-hydrogen) atoms. The lowest BCUT2D eigenvalue weighted by molar-refractivity contribution is 0.102. The van der Waals surface area contributed by atoms with Gasteiger partial charge in [-0.25, -0.2) is 17.4 Å². The van der Waals surface area contributed by atoms with Crippen LogP contribution in [0.25, 0.3) is 5.69 Å². The Bertz CT molecular complexity index is 1260. The number of fused-ring (bicyclic) bond motifs is 1. The van der Waals surface area contributed by atoms with E-state index in [2.05, 4.69) is 11.4 Å². The lowest BCUT2D eigenvalue weighted by Gasteiger charge is -2.14. The number of hydrogen-bond donors (Lipinski definition) is 1. The number of thioether (sulfide) groups is 1. The third-order valence-electron chi connectivity index (χ3n) is 5.26. The van der Waals surface area contributed by atoms with Gasteiger partial charge in [-0.3, -0.25) is 4.79 Å². The molecule has 0 saturated carbocycles. The summed E-state index contributed by atoms with van der Waals surface area (Å²) in [6, 6.07) is 12.1. The van der Waals surface area contributed by atoms with Crippen LogP contribution in [-0.2, 0) is 21.5 Å². The Labute approximate surface area is 186 Å². The molecule has 162 valence electrons. The van der Waals surface area contributed by atoms with Crippen LogP contribution in [0.1, 0.15) is 32.7 Å². The Hall–Kier alpha value is -2.62. The molecule has 0 saturated heterocycles. The first-order chi connectivity index (χ1) is 14.7. The van der Waals surface area contributed by atoms with E-state index in [9.17, 15) is 13.2 Å². The van der Waals surface area contributed by atoms with Crippen molar-refractivity contribution in [3.63, 3.8) is 0 Å². The number of benzene rings is 2. The number of nitrogens with one attached hydrogen (secondary N) is 1. The lowest BCUT2D eigenvalue weighted by Crippen LogP contribution is -2.22. The second-order valence-corrected chi connectivity index (χ2v) is 10.9. The fourth-order valence-corrected chi connectivity index (χ4v) is 5.46. The molecule has 7 nitrogen and oxygen atoms in total. The standard InChI is InChI=1S/C22H24N4O3S2/c1-14-5-10-20(15(2)11-14)26-21(18-12-30-13-19(18)24-26)23-22(27)16-6-8-17(9-7-16)31(28,29)25(3)4/h5-11H,12-13H2,1-4H3,(H,23,27). The van der Waals surface area contributed by atoms with Gasteiger partial charge in [0.2, 0.25) is 10.0 Å². The molecule has 1 amide bonds. The third-order valence-corrected chi connectivity index (χ3v) is 8.06. The summed E-state index contributed by atoms with van der Waals surface area (Å²) < 4.78 is 27.5. The van der Waals surface area contributed by atoms with Crippen molar-refractivity contribution in [3.8, 4) is 5.69 Å². The van der Waals surface area contributed by atoms with Crippen LogP contribution in [0, 0.1) is 13.8 Å². The first-order valence-electron chi connectivity index (χ1n) is 9.78. The minimum Gasteiger partial charge on any atom is -0.306 e. The minimum atomic E-state index is -3.54. The fraction of sp³-hybridized carbons (Fsp3) is 0.273. The number of nitrogens with zero attached hydrogens (tertiary/aromatic N) is 3. The van der Waals surface area contributed by atoms with Crippen LogP contribution >= 0.6 is 11.8 Å². The van der Waals surface area contributed by atoms with Crippen molar-refractivity contribution < 1.29 is 13.2 Å². The van der Waals surface area contributed by atoms with Crippen LogP contribution in [0.4, 0.5) is 5.82 Å². The van der Waals surface area contributed by atoms with E-state index in [0.717, 1.165) is 43.9 Å². The molecular weight excluding hydrogens is 432 g/mol. The first-order valence-corrected chi connectivity index (χ1v) is 12.4. The normalized spacial score (nSPS) is 13.5. The van der Waals surface area contributed by atoms with E-state index in [1.54, 1.807) is 11.8 Å². The van der Waals surface area contributed by atoms with Crippen LogP contribution in [0.5, 0.6) is 0 Å². The summed E-state index contributed by atoms with van der Waals surface area (Å²) in [6.07, 6.45) is 0. The zero-order valence-electron chi connectivity index (χ0n) is 17.8. The van der Waals surface area contributed by atoms with E-state index >= 15 is 0 Å². The summed E-state index contributed by atoms with van der Waals surface area (Å²) in [7, 11) is -0.594. The molecule has 2 aromatic carbocycles. The number of aromatic nitrogens is 2. The summed E-state index contributed by atoms with van der Waals surface area (Å²) in [4.78, 5) is 13.2. The predicted molar refractivity (Wildman–Crippen MR) is 123 cm³/mol. The Balaban J connectivity index is 1.67. The number of anilines is 1. The number of carbonyl (C=O) groups is 1. The Kier molecular flexibility index (Phi) is 5.67. The van der Waals surface area contributed by atoms with Crippen molar-refractivity contribution in [2.75, 3.05) is 19.4 Å². The molecule has 0 atom stereocenters. The van der Waals surface area contributed by atoms with Crippen LogP contribution < -0.4 is 5.32 Å². The average molecular weight is 457 g/mol. The smallest absolute Gasteiger partial charge is 0.256 e. The van der Waals surface area contributed by atoms with E-state index in [4.69, 9.17) is 5.10 Å². The summed E-state index contributed by atoms with van der Waals surface area (Å²) in [5, 5.41) is 7.78. The number of aryl methyl sites for hydroxylation is 2. The molecule has 0 aliphatic carbocycles. The molecule has 0 fully saturated rings. The van der Waals surface area contributed by atoms with E-state index in [-0.39, 0.29) is 10.8 Å². The van der Waals surface area contributed by atoms with Crippen molar-refractivity contribution in [2.45, 2.75) is 30.2 Å². The molecule has 0 radical (unpaired) electrons. The fourth-order valence-electron chi connectivity index (χ4n) is 3.53. The topological polar surface area (TPSA) is 84.3 Å².